The van der Waals surface area contributed by atoms with Crippen LogP contribution < -0.4 is 5.73 Å². The fourth-order valence-corrected chi connectivity index (χ4v) is 2.80. The lowest BCUT2D eigenvalue weighted by molar-refractivity contribution is 0.292. The van der Waals surface area contributed by atoms with Gasteiger partial charge in [-0.2, -0.15) is 0 Å². The van der Waals surface area contributed by atoms with E-state index < -0.39 is 0 Å². The largest absolute Gasteiger partial charge is 0.324 e. The molecule has 2 rings (SSSR count). The van der Waals surface area contributed by atoms with Crippen LogP contribution in [0.5, 0.6) is 0 Å². The summed E-state index contributed by atoms with van der Waals surface area (Å²) in [5, 5.41) is 0. The number of nitrogens with zero attached hydrogens (tertiary/aromatic N) is 1. The Hall–Kier alpha value is -0.860. The Morgan fingerprint density at radius 3 is 2.61 bits per heavy atom. The van der Waals surface area contributed by atoms with Crippen molar-refractivity contribution in [2.75, 3.05) is 19.6 Å². The molecule has 1 saturated heterocycles. The summed E-state index contributed by atoms with van der Waals surface area (Å²) in [7, 11) is 0. The van der Waals surface area contributed by atoms with E-state index in [4.69, 9.17) is 5.73 Å². The van der Waals surface area contributed by atoms with Crippen molar-refractivity contribution >= 4 is 0 Å². The maximum atomic E-state index is 6.24. The van der Waals surface area contributed by atoms with Crippen LogP contribution in [0, 0.1) is 11.8 Å². The summed E-state index contributed by atoms with van der Waals surface area (Å²) in [6.45, 7) is 8.33. The van der Waals surface area contributed by atoms with Gasteiger partial charge in [0.15, 0.2) is 0 Å². The van der Waals surface area contributed by atoms with Crippen molar-refractivity contribution < 1.29 is 0 Å². The molecule has 0 bridgehead atoms. The highest BCUT2D eigenvalue weighted by atomic mass is 15.1. The monoisotopic (exact) mass is 246 g/mol. The van der Waals surface area contributed by atoms with E-state index in [-0.39, 0.29) is 6.04 Å². The van der Waals surface area contributed by atoms with Crippen LogP contribution in [0.15, 0.2) is 30.3 Å². The first-order chi connectivity index (χ1) is 8.66. The third-order valence-electron chi connectivity index (χ3n) is 4.24. The van der Waals surface area contributed by atoms with E-state index in [9.17, 15) is 0 Å². The second-order valence-electron chi connectivity index (χ2n) is 5.90. The third kappa shape index (κ3) is 3.56. The summed E-state index contributed by atoms with van der Waals surface area (Å²) >= 11 is 0. The molecule has 2 heteroatoms. The normalized spacial score (nSPS) is 22.6. The van der Waals surface area contributed by atoms with Crippen LogP contribution in [0.3, 0.4) is 0 Å². The topological polar surface area (TPSA) is 29.3 Å². The summed E-state index contributed by atoms with van der Waals surface area (Å²) in [4.78, 5) is 2.58. The van der Waals surface area contributed by atoms with Crippen molar-refractivity contribution in [2.45, 2.75) is 32.7 Å². The molecule has 0 aromatic heterocycles. The molecule has 0 saturated carbocycles. The minimum Gasteiger partial charge on any atom is -0.324 e. The van der Waals surface area contributed by atoms with Gasteiger partial charge in [-0.15, -0.1) is 0 Å². The zero-order chi connectivity index (χ0) is 13.0. The standard InChI is InChI=1S/C16H26N2/c1-13(2)15-8-10-18(12-15)11-9-16(17)14-6-4-3-5-7-14/h3-7,13,15-16H,8-12,17H2,1-2H3. The first-order valence-corrected chi connectivity index (χ1v) is 7.19. The molecule has 100 valence electrons. The Morgan fingerprint density at radius 2 is 2.00 bits per heavy atom. The second-order valence-corrected chi connectivity index (χ2v) is 5.90. The van der Waals surface area contributed by atoms with Crippen molar-refractivity contribution in [1.82, 2.24) is 4.90 Å². The van der Waals surface area contributed by atoms with Gasteiger partial charge in [0.05, 0.1) is 0 Å². The van der Waals surface area contributed by atoms with Crippen LogP contribution in [-0.4, -0.2) is 24.5 Å². The van der Waals surface area contributed by atoms with Gasteiger partial charge in [0, 0.05) is 12.6 Å². The van der Waals surface area contributed by atoms with Crippen molar-refractivity contribution in [3.8, 4) is 0 Å². The van der Waals surface area contributed by atoms with Gasteiger partial charge in [-0.05, 0) is 43.3 Å². The summed E-state index contributed by atoms with van der Waals surface area (Å²) in [6, 6.07) is 10.6. The Balaban J connectivity index is 1.76. The van der Waals surface area contributed by atoms with Crippen LogP contribution in [0.4, 0.5) is 0 Å². The van der Waals surface area contributed by atoms with Crippen LogP contribution in [0.25, 0.3) is 0 Å². The molecule has 0 amide bonds. The molecule has 1 aromatic carbocycles. The van der Waals surface area contributed by atoms with Crippen molar-refractivity contribution in [1.29, 1.82) is 0 Å². The molecule has 0 radical (unpaired) electrons. The Bertz CT molecular complexity index is 347. The second kappa shape index (κ2) is 6.35. The molecule has 18 heavy (non-hydrogen) atoms. The Morgan fingerprint density at radius 1 is 1.28 bits per heavy atom. The molecule has 1 fully saturated rings. The van der Waals surface area contributed by atoms with E-state index in [0.29, 0.717) is 0 Å². The van der Waals surface area contributed by atoms with Crippen molar-refractivity contribution in [3.05, 3.63) is 35.9 Å². The molecular formula is C16H26N2. The van der Waals surface area contributed by atoms with Crippen LogP contribution in [0.1, 0.15) is 38.3 Å². The SMILES string of the molecule is CC(C)C1CCN(CCC(N)c2ccccc2)C1. The predicted molar refractivity (Wildman–Crippen MR) is 77.4 cm³/mol. The van der Waals surface area contributed by atoms with Gasteiger partial charge in [-0.3, -0.25) is 0 Å². The van der Waals surface area contributed by atoms with E-state index in [0.717, 1.165) is 24.8 Å². The third-order valence-corrected chi connectivity index (χ3v) is 4.24. The highest BCUT2D eigenvalue weighted by Gasteiger charge is 2.24. The first-order valence-electron chi connectivity index (χ1n) is 7.19. The van der Waals surface area contributed by atoms with Crippen molar-refractivity contribution in [3.63, 3.8) is 0 Å². The smallest absolute Gasteiger partial charge is 0.0307 e. The molecule has 2 unspecified atom stereocenters. The van der Waals surface area contributed by atoms with E-state index in [1.165, 1.54) is 25.1 Å². The maximum absolute atomic E-state index is 6.24. The van der Waals surface area contributed by atoms with Crippen LogP contribution >= 0.6 is 0 Å². The molecule has 2 N–H and O–H groups in total. The number of rotatable bonds is 5. The number of likely N-dealkylation sites (tertiary alicyclic amines) is 1. The molecule has 0 spiro atoms. The maximum Gasteiger partial charge on any atom is 0.0307 e. The van der Waals surface area contributed by atoms with Gasteiger partial charge in [-0.25, -0.2) is 0 Å². The summed E-state index contributed by atoms with van der Waals surface area (Å²) in [5.74, 6) is 1.70. The van der Waals surface area contributed by atoms with Gasteiger partial charge in [0.25, 0.3) is 0 Å². The average molecular weight is 246 g/mol. The highest BCUT2D eigenvalue weighted by molar-refractivity contribution is 5.18. The first kappa shape index (κ1) is 13.6. The highest BCUT2D eigenvalue weighted by Crippen LogP contribution is 2.24. The van der Waals surface area contributed by atoms with E-state index in [1.807, 2.05) is 6.07 Å². The number of hydrogen-bond donors (Lipinski definition) is 1. The molecular weight excluding hydrogens is 220 g/mol. The zero-order valence-electron chi connectivity index (χ0n) is 11.7. The molecule has 1 aliphatic rings. The molecule has 0 aliphatic carbocycles. The predicted octanol–water partition coefficient (Wildman–Crippen LogP) is 3.05. The fraction of sp³-hybridized carbons (Fsp3) is 0.625. The fourth-order valence-electron chi connectivity index (χ4n) is 2.80. The molecule has 2 nitrogen and oxygen atoms in total. The number of nitrogens with two attached hydrogens (primary N) is 1. The minimum atomic E-state index is 0.185. The average Bonchev–Trinajstić information content (AvgIpc) is 2.86. The lowest BCUT2D eigenvalue weighted by Gasteiger charge is -2.20. The Labute approximate surface area is 111 Å². The quantitative estimate of drug-likeness (QED) is 0.865. The van der Waals surface area contributed by atoms with Gasteiger partial charge in [-0.1, -0.05) is 44.2 Å². The van der Waals surface area contributed by atoms with Crippen molar-refractivity contribution in [2.24, 2.45) is 17.6 Å². The van der Waals surface area contributed by atoms with Crippen LogP contribution in [-0.2, 0) is 0 Å². The molecule has 2 atom stereocenters. The molecule has 1 aromatic rings. The number of hydrogen-bond acceptors (Lipinski definition) is 2. The van der Waals surface area contributed by atoms with E-state index >= 15 is 0 Å². The molecule has 1 heterocycles. The van der Waals surface area contributed by atoms with Crippen LogP contribution in [0.2, 0.25) is 0 Å². The lowest BCUT2D eigenvalue weighted by Crippen LogP contribution is -2.26. The summed E-state index contributed by atoms with van der Waals surface area (Å²) in [6.07, 6.45) is 2.42. The zero-order valence-corrected chi connectivity index (χ0v) is 11.7. The van der Waals surface area contributed by atoms with Gasteiger partial charge >= 0.3 is 0 Å². The molecule has 1 aliphatic heterocycles. The Kier molecular flexibility index (Phi) is 4.79. The summed E-state index contributed by atoms with van der Waals surface area (Å²) in [5.41, 5.74) is 7.50. The van der Waals surface area contributed by atoms with E-state index in [1.54, 1.807) is 0 Å². The lowest BCUT2D eigenvalue weighted by atomic mass is 9.95. The minimum absolute atomic E-state index is 0.185. The van der Waals surface area contributed by atoms with Gasteiger partial charge < -0.3 is 10.6 Å². The van der Waals surface area contributed by atoms with Gasteiger partial charge in [0.1, 0.15) is 0 Å². The number of benzene rings is 1. The van der Waals surface area contributed by atoms with E-state index in [2.05, 4.69) is 43.0 Å². The summed E-state index contributed by atoms with van der Waals surface area (Å²) < 4.78 is 0. The van der Waals surface area contributed by atoms with Gasteiger partial charge in [0.2, 0.25) is 0 Å².